The van der Waals surface area contributed by atoms with Gasteiger partial charge in [-0.15, -0.1) is 11.8 Å². The molecule has 0 aromatic heterocycles. The minimum atomic E-state index is -0.648. The fourth-order valence-corrected chi connectivity index (χ4v) is 6.55. The van der Waals surface area contributed by atoms with E-state index in [0.29, 0.717) is 22.6 Å². The summed E-state index contributed by atoms with van der Waals surface area (Å²) in [6.45, 7) is 2.71. The van der Waals surface area contributed by atoms with Crippen molar-refractivity contribution in [3.63, 3.8) is 0 Å². The lowest BCUT2D eigenvalue weighted by Gasteiger charge is -2.34. The highest BCUT2D eigenvalue weighted by Crippen LogP contribution is 2.42. The average molecular weight is 534 g/mol. The molecule has 0 bridgehead atoms. The first-order valence-corrected chi connectivity index (χ1v) is 14.0. The number of hydrogen-bond donors (Lipinski definition) is 1. The van der Waals surface area contributed by atoms with Gasteiger partial charge in [-0.1, -0.05) is 42.5 Å². The van der Waals surface area contributed by atoms with Crippen molar-refractivity contribution in [3.8, 4) is 5.75 Å². The number of benzene rings is 3. The number of piperidine rings is 1. The van der Waals surface area contributed by atoms with Gasteiger partial charge in [-0.05, 0) is 60.4 Å². The zero-order valence-corrected chi connectivity index (χ0v) is 22.2. The number of thioether (sulfide) groups is 1. The molecule has 6 nitrogen and oxygen atoms in total. The molecule has 2 amide bonds. The van der Waals surface area contributed by atoms with Crippen molar-refractivity contribution < 1.29 is 18.7 Å². The number of rotatable bonds is 7. The van der Waals surface area contributed by atoms with Gasteiger partial charge in [0.2, 0.25) is 5.91 Å². The lowest BCUT2D eigenvalue weighted by molar-refractivity contribution is -0.125. The highest BCUT2D eigenvalue weighted by molar-refractivity contribution is 7.99. The van der Waals surface area contributed by atoms with Gasteiger partial charge in [0.15, 0.2) is 0 Å². The molecule has 2 aliphatic rings. The third-order valence-corrected chi connectivity index (χ3v) is 8.51. The molecule has 2 unspecified atom stereocenters. The molecule has 3 aromatic rings. The van der Waals surface area contributed by atoms with E-state index in [4.69, 9.17) is 4.74 Å². The van der Waals surface area contributed by atoms with Gasteiger partial charge < -0.3 is 15.0 Å². The Balaban J connectivity index is 1.28. The molecule has 3 aromatic carbocycles. The van der Waals surface area contributed by atoms with E-state index in [9.17, 15) is 14.0 Å². The van der Waals surface area contributed by atoms with Crippen LogP contribution in [-0.4, -0.2) is 59.7 Å². The first kappa shape index (κ1) is 26.3. The summed E-state index contributed by atoms with van der Waals surface area (Å²) >= 11 is 1.49. The maximum absolute atomic E-state index is 14.1. The van der Waals surface area contributed by atoms with Crippen LogP contribution in [0.1, 0.15) is 39.7 Å². The van der Waals surface area contributed by atoms with Crippen LogP contribution in [0.4, 0.5) is 4.39 Å². The summed E-state index contributed by atoms with van der Waals surface area (Å²) in [5.74, 6) is 0.313. The quantitative estimate of drug-likeness (QED) is 0.470. The number of methoxy groups -OCH3 is 1. The van der Waals surface area contributed by atoms with Gasteiger partial charge in [0.25, 0.3) is 5.91 Å². The molecule has 1 N–H and O–H groups in total. The Kier molecular flexibility index (Phi) is 8.29. The minimum absolute atomic E-state index is 0.0608. The van der Waals surface area contributed by atoms with E-state index in [1.807, 2.05) is 6.07 Å². The Morgan fingerprint density at radius 2 is 1.74 bits per heavy atom. The molecule has 2 heterocycles. The Morgan fingerprint density at radius 3 is 2.42 bits per heavy atom. The summed E-state index contributed by atoms with van der Waals surface area (Å²) in [6, 6.07) is 22.9. The van der Waals surface area contributed by atoms with Crippen molar-refractivity contribution >= 4 is 23.6 Å². The third-order valence-electron chi connectivity index (χ3n) is 7.19. The molecule has 5 rings (SSSR count). The second kappa shape index (κ2) is 12.0. The summed E-state index contributed by atoms with van der Waals surface area (Å²) in [7, 11) is 1.57. The van der Waals surface area contributed by atoms with Crippen LogP contribution < -0.4 is 10.1 Å². The van der Waals surface area contributed by atoms with E-state index >= 15 is 0 Å². The van der Waals surface area contributed by atoms with Crippen LogP contribution in [0.15, 0.2) is 78.9 Å². The lowest BCUT2D eigenvalue weighted by atomic mass is 10.0. The van der Waals surface area contributed by atoms with E-state index < -0.39 is 11.4 Å². The SMILES string of the molecule is COc1ccc(C(=O)N2C(C(=O)NC3CCN(Cc4ccccc4)CC3)CSC2c2cccc(F)c2)cc1. The van der Waals surface area contributed by atoms with E-state index in [2.05, 4.69) is 34.5 Å². The summed E-state index contributed by atoms with van der Waals surface area (Å²) < 4.78 is 19.3. The molecule has 0 radical (unpaired) electrons. The average Bonchev–Trinajstić information content (AvgIpc) is 3.40. The molecule has 198 valence electrons. The summed E-state index contributed by atoms with van der Waals surface area (Å²) in [5.41, 5.74) is 2.41. The molecule has 8 heteroatoms. The van der Waals surface area contributed by atoms with Crippen LogP contribution >= 0.6 is 11.8 Å². The van der Waals surface area contributed by atoms with Crippen LogP contribution in [0.2, 0.25) is 0 Å². The lowest BCUT2D eigenvalue weighted by Crippen LogP contribution is -2.52. The van der Waals surface area contributed by atoms with Crippen molar-refractivity contribution in [1.82, 2.24) is 15.1 Å². The molecular weight excluding hydrogens is 501 g/mol. The van der Waals surface area contributed by atoms with Gasteiger partial charge in [-0.3, -0.25) is 14.5 Å². The topological polar surface area (TPSA) is 61.9 Å². The molecule has 38 heavy (non-hydrogen) atoms. The minimum Gasteiger partial charge on any atom is -0.497 e. The third kappa shape index (κ3) is 6.03. The Bertz CT molecular complexity index is 1250. The number of carbonyl (C=O) groups excluding carboxylic acids is 2. The van der Waals surface area contributed by atoms with Crippen LogP contribution in [0.5, 0.6) is 5.75 Å². The molecule has 0 spiro atoms. The molecule has 0 saturated carbocycles. The van der Waals surface area contributed by atoms with Crippen molar-refractivity contribution in [2.75, 3.05) is 26.0 Å². The van der Waals surface area contributed by atoms with E-state index in [1.165, 1.54) is 29.5 Å². The van der Waals surface area contributed by atoms with Gasteiger partial charge in [0.05, 0.1) is 7.11 Å². The van der Waals surface area contributed by atoms with Crippen LogP contribution in [0.25, 0.3) is 0 Å². The molecule has 0 aliphatic carbocycles. The fraction of sp³-hybridized carbons (Fsp3) is 0.333. The number of nitrogens with zero attached hydrogens (tertiary/aromatic N) is 2. The van der Waals surface area contributed by atoms with Crippen molar-refractivity contribution in [3.05, 3.63) is 101 Å². The standard InChI is InChI=1S/C30H32FN3O3S/c1-37-26-12-10-22(11-13-26)29(36)34-27(20-38-30(34)23-8-5-9-24(31)18-23)28(35)32-25-14-16-33(17-15-25)19-21-6-3-2-4-7-21/h2-13,18,25,27,30H,14-17,19-20H2,1H3,(H,32,35). The summed E-state index contributed by atoms with van der Waals surface area (Å²) in [5, 5.41) is 2.76. The normalized spacial score (nSPS) is 20.3. The highest BCUT2D eigenvalue weighted by Gasteiger charge is 2.43. The first-order valence-electron chi connectivity index (χ1n) is 12.9. The van der Waals surface area contributed by atoms with Crippen molar-refractivity contribution in [2.45, 2.75) is 36.8 Å². The van der Waals surface area contributed by atoms with Gasteiger partial charge in [0, 0.05) is 37.0 Å². The van der Waals surface area contributed by atoms with Crippen LogP contribution in [0, 0.1) is 5.82 Å². The second-order valence-corrected chi connectivity index (χ2v) is 10.9. The molecule has 2 fully saturated rings. The number of halogens is 1. The maximum Gasteiger partial charge on any atom is 0.255 e. The largest absolute Gasteiger partial charge is 0.497 e. The summed E-state index contributed by atoms with van der Waals surface area (Å²) in [6.07, 6.45) is 1.72. The number of ether oxygens (including phenoxy) is 1. The number of likely N-dealkylation sites (tertiary alicyclic amines) is 1. The van der Waals surface area contributed by atoms with E-state index in [0.717, 1.165) is 32.5 Å². The Morgan fingerprint density at radius 1 is 1.00 bits per heavy atom. The molecule has 2 aliphatic heterocycles. The van der Waals surface area contributed by atoms with Crippen molar-refractivity contribution in [1.29, 1.82) is 0 Å². The van der Waals surface area contributed by atoms with Gasteiger partial charge in [-0.25, -0.2) is 4.39 Å². The molecule has 2 atom stereocenters. The number of nitrogens with one attached hydrogen (secondary N) is 1. The number of carbonyl (C=O) groups is 2. The monoisotopic (exact) mass is 533 g/mol. The van der Waals surface area contributed by atoms with Crippen LogP contribution in [-0.2, 0) is 11.3 Å². The van der Waals surface area contributed by atoms with E-state index in [-0.39, 0.29) is 23.7 Å². The highest BCUT2D eigenvalue weighted by atomic mass is 32.2. The predicted molar refractivity (Wildman–Crippen MR) is 147 cm³/mol. The fourth-order valence-electron chi connectivity index (χ4n) is 5.13. The maximum atomic E-state index is 14.1. The molecule has 2 saturated heterocycles. The predicted octanol–water partition coefficient (Wildman–Crippen LogP) is 4.87. The van der Waals surface area contributed by atoms with Gasteiger partial charge in [0.1, 0.15) is 23.0 Å². The molecular formula is C30H32FN3O3S. The van der Waals surface area contributed by atoms with Crippen LogP contribution in [0.3, 0.4) is 0 Å². The zero-order valence-electron chi connectivity index (χ0n) is 21.4. The van der Waals surface area contributed by atoms with Crippen molar-refractivity contribution in [2.24, 2.45) is 0 Å². The number of hydrogen-bond acceptors (Lipinski definition) is 5. The first-order chi connectivity index (χ1) is 18.5. The Hall–Kier alpha value is -3.36. The smallest absolute Gasteiger partial charge is 0.255 e. The zero-order chi connectivity index (χ0) is 26.5. The van der Waals surface area contributed by atoms with E-state index in [1.54, 1.807) is 48.4 Å². The number of amides is 2. The Labute approximate surface area is 227 Å². The summed E-state index contributed by atoms with van der Waals surface area (Å²) in [4.78, 5) is 31.3. The second-order valence-electron chi connectivity index (χ2n) is 9.74. The van der Waals surface area contributed by atoms with Gasteiger partial charge >= 0.3 is 0 Å². The van der Waals surface area contributed by atoms with Gasteiger partial charge in [-0.2, -0.15) is 0 Å².